The molecule has 0 radical (unpaired) electrons. The van der Waals surface area contributed by atoms with Crippen molar-refractivity contribution in [3.63, 3.8) is 0 Å². The molecule has 0 saturated heterocycles. The molecule has 8 heavy (non-hydrogen) atoms. The lowest BCUT2D eigenvalue weighted by Gasteiger charge is -2.17. The van der Waals surface area contributed by atoms with Gasteiger partial charge in [0.2, 0.25) is 0 Å². The molecule has 1 rings (SSSR count). The van der Waals surface area contributed by atoms with E-state index in [1.165, 1.54) is 19.3 Å². The van der Waals surface area contributed by atoms with Gasteiger partial charge in [-0.3, -0.25) is 0 Å². The quantitative estimate of drug-likeness (QED) is 0.455. The molecule has 1 atom stereocenters. The molecule has 0 aromatic rings. The normalized spacial score (nSPS) is 36.2. The highest BCUT2D eigenvalue weighted by Crippen LogP contribution is 2.33. The topological polar surface area (TPSA) is 0 Å². The zero-order chi connectivity index (χ0) is 6.04. The molecular weight excluding hydrogens is 96.1 g/mol. The Morgan fingerprint density at radius 1 is 1.62 bits per heavy atom. The van der Waals surface area contributed by atoms with Crippen LogP contribution < -0.4 is 0 Å². The lowest BCUT2D eigenvalue weighted by atomic mass is 9.88. The molecule has 0 amide bonds. The number of rotatable bonds is 1. The van der Waals surface area contributed by atoms with E-state index < -0.39 is 0 Å². The Balaban J connectivity index is 2.54. The lowest BCUT2D eigenvalue weighted by Crippen LogP contribution is -2.05. The van der Waals surface area contributed by atoms with Gasteiger partial charge in [0.1, 0.15) is 0 Å². The third kappa shape index (κ3) is 0.936. The highest BCUT2D eigenvalue weighted by molar-refractivity contribution is 5.03. The van der Waals surface area contributed by atoms with Gasteiger partial charge in [0.25, 0.3) is 0 Å². The molecule has 0 saturated carbocycles. The van der Waals surface area contributed by atoms with E-state index in [-0.39, 0.29) is 0 Å². The summed E-state index contributed by atoms with van der Waals surface area (Å²) in [6, 6.07) is 0. The van der Waals surface area contributed by atoms with Gasteiger partial charge < -0.3 is 0 Å². The van der Waals surface area contributed by atoms with Gasteiger partial charge in [-0.15, -0.1) is 0 Å². The minimum absolute atomic E-state index is 0.556. The summed E-state index contributed by atoms with van der Waals surface area (Å²) in [5.41, 5.74) is 0.556. The zero-order valence-corrected chi connectivity index (χ0v) is 5.78. The van der Waals surface area contributed by atoms with Crippen LogP contribution in [-0.2, 0) is 0 Å². The summed E-state index contributed by atoms with van der Waals surface area (Å²) in [5.74, 6) is 0. The predicted molar refractivity (Wildman–Crippen MR) is 36.8 cm³/mol. The second kappa shape index (κ2) is 1.93. The Morgan fingerprint density at radius 3 is 2.62 bits per heavy atom. The van der Waals surface area contributed by atoms with Gasteiger partial charge in [-0.05, 0) is 24.7 Å². The molecule has 0 spiro atoms. The molecule has 1 aliphatic rings. The molecule has 0 nitrogen and oxygen atoms in total. The van der Waals surface area contributed by atoms with Crippen LogP contribution in [-0.4, -0.2) is 0 Å². The second-order valence-electron chi connectivity index (χ2n) is 2.95. The first-order valence-electron chi connectivity index (χ1n) is 3.44. The van der Waals surface area contributed by atoms with Crippen LogP contribution in [0.4, 0.5) is 0 Å². The van der Waals surface area contributed by atoms with Crippen molar-refractivity contribution in [1.29, 1.82) is 0 Å². The van der Waals surface area contributed by atoms with Crippen molar-refractivity contribution in [3.05, 3.63) is 12.2 Å². The van der Waals surface area contributed by atoms with Crippen LogP contribution in [0.3, 0.4) is 0 Å². The second-order valence-corrected chi connectivity index (χ2v) is 2.95. The van der Waals surface area contributed by atoms with E-state index in [2.05, 4.69) is 26.0 Å². The maximum Gasteiger partial charge on any atom is -0.0146 e. The third-order valence-electron chi connectivity index (χ3n) is 2.21. The Labute approximate surface area is 51.6 Å². The molecule has 0 fully saturated rings. The summed E-state index contributed by atoms with van der Waals surface area (Å²) >= 11 is 0. The first kappa shape index (κ1) is 5.87. The van der Waals surface area contributed by atoms with Crippen molar-refractivity contribution in [2.45, 2.75) is 33.1 Å². The molecule has 0 heterocycles. The van der Waals surface area contributed by atoms with Crippen LogP contribution in [0.5, 0.6) is 0 Å². The monoisotopic (exact) mass is 110 g/mol. The van der Waals surface area contributed by atoms with Gasteiger partial charge >= 0.3 is 0 Å². The fraction of sp³-hybridized carbons (Fsp3) is 0.750. The van der Waals surface area contributed by atoms with Crippen molar-refractivity contribution in [3.8, 4) is 0 Å². The van der Waals surface area contributed by atoms with Crippen LogP contribution in [0.15, 0.2) is 12.2 Å². The fourth-order valence-corrected chi connectivity index (χ4v) is 1.16. The van der Waals surface area contributed by atoms with Crippen LogP contribution in [0, 0.1) is 5.41 Å². The largest absolute Gasteiger partial charge is 0.0880 e. The predicted octanol–water partition coefficient (Wildman–Crippen LogP) is 2.75. The van der Waals surface area contributed by atoms with Gasteiger partial charge in [-0.1, -0.05) is 26.0 Å². The summed E-state index contributed by atoms with van der Waals surface area (Å²) in [7, 11) is 0. The highest BCUT2D eigenvalue weighted by atomic mass is 14.2. The standard InChI is InChI=1S/C8H14/c1-3-8(2)6-4-5-7-8/h4,6H,3,5,7H2,1-2H3/t8-/m0/s1. The Bertz CT molecular complexity index is 103. The van der Waals surface area contributed by atoms with E-state index in [9.17, 15) is 0 Å². The Morgan fingerprint density at radius 2 is 2.38 bits per heavy atom. The lowest BCUT2D eigenvalue weighted by molar-refractivity contribution is 0.404. The molecule has 0 unspecified atom stereocenters. The third-order valence-corrected chi connectivity index (χ3v) is 2.21. The van der Waals surface area contributed by atoms with E-state index in [1.54, 1.807) is 0 Å². The molecule has 0 aromatic heterocycles. The van der Waals surface area contributed by atoms with Crippen LogP contribution >= 0.6 is 0 Å². The number of hydrogen-bond acceptors (Lipinski definition) is 0. The molecule has 0 heteroatoms. The SMILES string of the molecule is CC[C@@]1(C)C=CCC1. The van der Waals surface area contributed by atoms with Gasteiger partial charge in [-0.2, -0.15) is 0 Å². The van der Waals surface area contributed by atoms with Crippen molar-refractivity contribution in [2.24, 2.45) is 5.41 Å². The smallest absolute Gasteiger partial charge is 0.0146 e. The van der Waals surface area contributed by atoms with Crippen molar-refractivity contribution >= 4 is 0 Å². The van der Waals surface area contributed by atoms with Gasteiger partial charge in [-0.25, -0.2) is 0 Å². The van der Waals surface area contributed by atoms with E-state index in [0.717, 1.165) is 0 Å². The molecule has 0 N–H and O–H groups in total. The number of hydrogen-bond donors (Lipinski definition) is 0. The maximum atomic E-state index is 2.35. The van der Waals surface area contributed by atoms with Crippen LogP contribution in [0.1, 0.15) is 33.1 Å². The molecule has 1 aliphatic carbocycles. The number of allylic oxidation sites excluding steroid dienone is 2. The first-order valence-corrected chi connectivity index (χ1v) is 3.44. The van der Waals surface area contributed by atoms with Crippen molar-refractivity contribution in [1.82, 2.24) is 0 Å². The zero-order valence-electron chi connectivity index (χ0n) is 5.78. The van der Waals surface area contributed by atoms with Crippen LogP contribution in [0.25, 0.3) is 0 Å². The fourth-order valence-electron chi connectivity index (χ4n) is 1.16. The first-order chi connectivity index (χ1) is 3.77. The van der Waals surface area contributed by atoms with Crippen molar-refractivity contribution < 1.29 is 0 Å². The van der Waals surface area contributed by atoms with E-state index in [1.807, 2.05) is 0 Å². The highest BCUT2D eigenvalue weighted by Gasteiger charge is 2.20. The molecule has 0 aromatic carbocycles. The van der Waals surface area contributed by atoms with E-state index in [0.29, 0.717) is 5.41 Å². The maximum absolute atomic E-state index is 2.35. The van der Waals surface area contributed by atoms with Crippen LogP contribution in [0.2, 0.25) is 0 Å². The molecule has 46 valence electrons. The van der Waals surface area contributed by atoms with E-state index >= 15 is 0 Å². The summed E-state index contributed by atoms with van der Waals surface area (Å²) in [4.78, 5) is 0. The summed E-state index contributed by atoms with van der Waals surface area (Å²) < 4.78 is 0. The molecular formula is C8H14. The van der Waals surface area contributed by atoms with E-state index in [4.69, 9.17) is 0 Å². The van der Waals surface area contributed by atoms with Gasteiger partial charge in [0.05, 0.1) is 0 Å². The Kier molecular flexibility index (Phi) is 1.41. The van der Waals surface area contributed by atoms with Gasteiger partial charge in [0, 0.05) is 0 Å². The minimum atomic E-state index is 0.556. The molecule has 0 aliphatic heterocycles. The van der Waals surface area contributed by atoms with Crippen molar-refractivity contribution in [2.75, 3.05) is 0 Å². The average Bonchev–Trinajstić information content (AvgIpc) is 2.17. The Hall–Kier alpha value is -0.260. The minimum Gasteiger partial charge on any atom is -0.0880 e. The summed E-state index contributed by atoms with van der Waals surface area (Å²) in [5, 5.41) is 0. The van der Waals surface area contributed by atoms with Gasteiger partial charge in [0.15, 0.2) is 0 Å². The summed E-state index contributed by atoms with van der Waals surface area (Å²) in [6.07, 6.45) is 8.60. The molecule has 0 bridgehead atoms. The average molecular weight is 110 g/mol. The summed E-state index contributed by atoms with van der Waals surface area (Å²) in [6.45, 7) is 4.59.